The zero-order chi connectivity index (χ0) is 10.5. The van der Waals surface area contributed by atoms with E-state index in [2.05, 4.69) is 0 Å². The van der Waals surface area contributed by atoms with Crippen LogP contribution < -0.4 is 0 Å². The summed E-state index contributed by atoms with van der Waals surface area (Å²) in [7, 11) is 0. The van der Waals surface area contributed by atoms with E-state index in [0.29, 0.717) is 12.8 Å². The average Bonchev–Trinajstić information content (AvgIpc) is 1.95. The van der Waals surface area contributed by atoms with Gasteiger partial charge in [-0.15, -0.1) is 0 Å². The van der Waals surface area contributed by atoms with E-state index in [1.165, 1.54) is 6.92 Å². The lowest BCUT2D eigenvalue weighted by atomic mass is 10.00. The van der Waals surface area contributed by atoms with Crippen molar-refractivity contribution < 1.29 is 18.0 Å². The molecule has 5 heteroatoms. The third-order valence-corrected chi connectivity index (χ3v) is 2.57. The number of carbonyl (C=O) groups excluding carboxylic acids is 1. The highest BCUT2D eigenvalue weighted by Crippen LogP contribution is 2.31. The Hall–Kier alpha value is -0.190. The smallest absolute Gasteiger partial charge is 0.300 e. The molecule has 0 saturated carbocycles. The molecule has 0 N–H and O–H groups in total. The van der Waals surface area contributed by atoms with Crippen LogP contribution in [0, 0.1) is 5.92 Å². The summed E-state index contributed by atoms with van der Waals surface area (Å²) in [6.45, 7) is 3.23. The van der Waals surface area contributed by atoms with Crippen molar-refractivity contribution in [2.75, 3.05) is 5.75 Å². The lowest BCUT2D eigenvalue weighted by Gasteiger charge is -2.11. The molecule has 1 unspecified atom stereocenters. The molecule has 0 heterocycles. The van der Waals surface area contributed by atoms with Gasteiger partial charge in [-0.2, -0.15) is 13.2 Å². The van der Waals surface area contributed by atoms with Gasteiger partial charge in [0.2, 0.25) is 0 Å². The average molecular weight is 214 g/mol. The minimum atomic E-state index is -4.17. The molecule has 0 saturated heterocycles. The van der Waals surface area contributed by atoms with Crippen LogP contribution in [-0.4, -0.2) is 17.0 Å². The van der Waals surface area contributed by atoms with Gasteiger partial charge in [-0.05, 0) is 19.8 Å². The number of hydrogen-bond donors (Lipinski definition) is 0. The fourth-order valence-corrected chi connectivity index (χ4v) is 1.65. The van der Waals surface area contributed by atoms with E-state index >= 15 is 0 Å². The fourth-order valence-electron chi connectivity index (χ4n) is 1.01. The first-order valence-electron chi connectivity index (χ1n) is 4.08. The van der Waals surface area contributed by atoms with E-state index in [4.69, 9.17) is 0 Å². The Labute approximate surface area is 80.1 Å². The van der Waals surface area contributed by atoms with Crippen LogP contribution in [0.3, 0.4) is 0 Å². The van der Waals surface area contributed by atoms with Crippen molar-refractivity contribution in [3.8, 4) is 0 Å². The summed E-state index contributed by atoms with van der Waals surface area (Å²) >= 11 is -0.0575. The second kappa shape index (κ2) is 5.52. The van der Waals surface area contributed by atoms with Gasteiger partial charge in [0, 0.05) is 11.7 Å². The lowest BCUT2D eigenvalue weighted by molar-refractivity contribution is -0.120. The first-order valence-corrected chi connectivity index (χ1v) is 5.06. The number of hydrogen-bond acceptors (Lipinski definition) is 2. The van der Waals surface area contributed by atoms with E-state index in [9.17, 15) is 18.0 Å². The molecule has 1 nitrogen and oxygen atoms in total. The molecule has 0 aromatic heterocycles. The topological polar surface area (TPSA) is 17.1 Å². The summed E-state index contributed by atoms with van der Waals surface area (Å²) in [6.07, 6.45) is 0.934. The zero-order valence-corrected chi connectivity index (χ0v) is 8.47. The van der Waals surface area contributed by atoms with Crippen LogP contribution in [0.1, 0.15) is 26.7 Å². The molecular weight excluding hydrogens is 201 g/mol. The van der Waals surface area contributed by atoms with Crippen molar-refractivity contribution in [1.82, 2.24) is 0 Å². The molecule has 0 bridgehead atoms. The number of alkyl halides is 3. The number of Topliss-reactive ketones (excluding diaryl/α,β-unsaturated/α-hetero) is 1. The van der Waals surface area contributed by atoms with Gasteiger partial charge < -0.3 is 0 Å². The first kappa shape index (κ1) is 12.8. The molecule has 0 aromatic rings. The number of thioether (sulfide) groups is 1. The molecule has 0 spiro atoms. The van der Waals surface area contributed by atoms with Crippen LogP contribution in [0.15, 0.2) is 0 Å². The summed E-state index contributed by atoms with van der Waals surface area (Å²) in [4.78, 5) is 10.8. The highest BCUT2D eigenvalue weighted by Gasteiger charge is 2.28. The van der Waals surface area contributed by atoms with Gasteiger partial charge >= 0.3 is 5.51 Å². The Morgan fingerprint density at radius 3 is 2.31 bits per heavy atom. The number of halogens is 3. The number of carbonyl (C=O) groups is 1. The SMILES string of the molecule is CCC(CCSC(F)(F)F)C(C)=O. The van der Waals surface area contributed by atoms with E-state index in [0.717, 1.165) is 0 Å². The second-order valence-corrected chi connectivity index (χ2v) is 3.96. The van der Waals surface area contributed by atoms with Crippen LogP contribution in [0.5, 0.6) is 0 Å². The second-order valence-electron chi connectivity index (χ2n) is 2.80. The minimum absolute atomic E-state index is 0.0229. The summed E-state index contributed by atoms with van der Waals surface area (Å²) in [5.41, 5.74) is -4.17. The Bertz CT molecular complexity index is 167. The minimum Gasteiger partial charge on any atom is -0.300 e. The first-order chi connectivity index (χ1) is 5.87. The quantitative estimate of drug-likeness (QED) is 0.698. The van der Waals surface area contributed by atoms with Crippen LogP contribution in [0.2, 0.25) is 0 Å². The van der Waals surface area contributed by atoms with Gasteiger partial charge in [-0.1, -0.05) is 18.7 Å². The van der Waals surface area contributed by atoms with Crippen LogP contribution in [-0.2, 0) is 4.79 Å². The largest absolute Gasteiger partial charge is 0.441 e. The molecule has 13 heavy (non-hydrogen) atoms. The third-order valence-electron chi connectivity index (χ3n) is 1.80. The molecule has 0 radical (unpaired) electrons. The maximum atomic E-state index is 11.7. The molecule has 0 aliphatic heterocycles. The van der Waals surface area contributed by atoms with E-state index in [1.54, 1.807) is 0 Å². The molecule has 0 amide bonds. The maximum Gasteiger partial charge on any atom is 0.441 e. The maximum absolute atomic E-state index is 11.7. The lowest BCUT2D eigenvalue weighted by Crippen LogP contribution is -2.12. The molecule has 1 atom stereocenters. The zero-order valence-electron chi connectivity index (χ0n) is 7.65. The highest BCUT2D eigenvalue weighted by atomic mass is 32.2. The standard InChI is InChI=1S/C8H13F3OS/c1-3-7(6(2)12)4-5-13-8(9,10)11/h7H,3-5H2,1-2H3. The molecule has 0 aromatic carbocycles. The van der Waals surface area contributed by atoms with Crippen molar-refractivity contribution in [2.45, 2.75) is 32.2 Å². The number of rotatable bonds is 5. The van der Waals surface area contributed by atoms with Gasteiger partial charge in [0.05, 0.1) is 0 Å². The molecule has 0 fully saturated rings. The van der Waals surface area contributed by atoms with Crippen molar-refractivity contribution in [1.29, 1.82) is 0 Å². The molecule has 0 aliphatic rings. The van der Waals surface area contributed by atoms with Crippen LogP contribution in [0.4, 0.5) is 13.2 Å². The summed E-state index contributed by atoms with van der Waals surface area (Å²) in [5.74, 6) is -0.262. The summed E-state index contributed by atoms with van der Waals surface area (Å²) in [6, 6.07) is 0. The van der Waals surface area contributed by atoms with E-state index in [1.807, 2.05) is 6.92 Å². The van der Waals surface area contributed by atoms with Gasteiger partial charge in [-0.25, -0.2) is 0 Å². The monoisotopic (exact) mass is 214 g/mol. The number of ketones is 1. The van der Waals surface area contributed by atoms with Gasteiger partial charge in [0.1, 0.15) is 5.78 Å². The van der Waals surface area contributed by atoms with Crippen molar-refractivity contribution in [3.05, 3.63) is 0 Å². The Kier molecular flexibility index (Phi) is 5.44. The highest BCUT2D eigenvalue weighted by molar-refractivity contribution is 8.00. The molecular formula is C8H13F3OS. The van der Waals surface area contributed by atoms with Crippen molar-refractivity contribution >= 4 is 17.5 Å². The van der Waals surface area contributed by atoms with Crippen molar-refractivity contribution in [3.63, 3.8) is 0 Å². The molecule has 78 valence electrons. The predicted molar refractivity (Wildman–Crippen MR) is 47.6 cm³/mol. The van der Waals surface area contributed by atoms with Crippen molar-refractivity contribution in [2.24, 2.45) is 5.92 Å². The Morgan fingerprint density at radius 1 is 1.46 bits per heavy atom. The molecule has 0 rings (SSSR count). The normalized spacial score (nSPS) is 14.2. The van der Waals surface area contributed by atoms with E-state index < -0.39 is 5.51 Å². The van der Waals surface area contributed by atoms with Gasteiger partial charge in [-0.3, -0.25) is 4.79 Å². The Morgan fingerprint density at radius 2 is 2.00 bits per heavy atom. The van der Waals surface area contributed by atoms with Gasteiger partial charge in [0.25, 0.3) is 0 Å². The van der Waals surface area contributed by atoms with Crippen LogP contribution >= 0.6 is 11.8 Å². The predicted octanol–water partition coefficient (Wildman–Crippen LogP) is 3.24. The van der Waals surface area contributed by atoms with Gasteiger partial charge in [0.15, 0.2) is 0 Å². The molecule has 0 aliphatic carbocycles. The third kappa shape index (κ3) is 6.93. The Balaban J connectivity index is 3.68. The van der Waals surface area contributed by atoms with E-state index in [-0.39, 0.29) is 29.2 Å². The summed E-state index contributed by atoms with van der Waals surface area (Å²) in [5, 5.41) is 0. The fraction of sp³-hybridized carbons (Fsp3) is 0.875. The van der Waals surface area contributed by atoms with Crippen LogP contribution in [0.25, 0.3) is 0 Å². The summed E-state index contributed by atoms with van der Waals surface area (Å²) < 4.78 is 35.1.